The molecule has 1 aromatic carbocycles. The number of benzene rings is 1. The van der Waals surface area contributed by atoms with Gasteiger partial charge < -0.3 is 15.5 Å². The van der Waals surface area contributed by atoms with Crippen molar-refractivity contribution in [3.8, 4) is 0 Å². The maximum absolute atomic E-state index is 12.1. The van der Waals surface area contributed by atoms with Crippen molar-refractivity contribution in [1.82, 2.24) is 10.2 Å². The number of anilines is 1. The van der Waals surface area contributed by atoms with Gasteiger partial charge in [0, 0.05) is 14.1 Å². The van der Waals surface area contributed by atoms with Crippen molar-refractivity contribution in [1.29, 1.82) is 0 Å². The first-order valence-electron chi connectivity index (χ1n) is 6.44. The third kappa shape index (κ3) is 3.12. The molecule has 0 spiro atoms. The van der Waals surface area contributed by atoms with Crippen LogP contribution in [-0.4, -0.2) is 43.4 Å². The van der Waals surface area contributed by atoms with Crippen LogP contribution >= 0.6 is 0 Å². The van der Waals surface area contributed by atoms with Crippen LogP contribution < -0.4 is 10.6 Å². The van der Waals surface area contributed by atoms with E-state index in [4.69, 9.17) is 0 Å². The molecule has 1 fully saturated rings. The predicted molar refractivity (Wildman–Crippen MR) is 74.1 cm³/mol. The number of nitrogens with one attached hydrogen (secondary N) is 2. The third-order valence-corrected chi connectivity index (χ3v) is 3.20. The number of amides is 2. The maximum Gasteiger partial charge on any atom is 0.255 e. The third-order valence-electron chi connectivity index (χ3n) is 3.20. The van der Waals surface area contributed by atoms with E-state index >= 15 is 0 Å². The zero-order valence-corrected chi connectivity index (χ0v) is 11.3. The second-order valence-electron chi connectivity index (χ2n) is 4.88. The van der Waals surface area contributed by atoms with Gasteiger partial charge in [-0.2, -0.15) is 0 Å². The lowest BCUT2D eigenvalue weighted by molar-refractivity contribution is -0.117. The first-order valence-corrected chi connectivity index (χ1v) is 6.44. The largest absolute Gasteiger partial charge is 0.345 e. The average molecular weight is 261 g/mol. The van der Waals surface area contributed by atoms with Gasteiger partial charge >= 0.3 is 0 Å². The number of rotatable bonds is 3. The molecule has 1 aliphatic heterocycles. The van der Waals surface area contributed by atoms with Gasteiger partial charge in [-0.3, -0.25) is 9.59 Å². The van der Waals surface area contributed by atoms with Gasteiger partial charge in [-0.25, -0.2) is 0 Å². The van der Waals surface area contributed by atoms with E-state index in [2.05, 4.69) is 10.6 Å². The minimum Gasteiger partial charge on any atom is -0.345 e. The fraction of sp³-hybridized carbons (Fsp3) is 0.429. The molecule has 1 aromatic rings. The van der Waals surface area contributed by atoms with Crippen LogP contribution in [0.3, 0.4) is 0 Å². The SMILES string of the molecule is CN(C)C(=O)c1ccccc1NC(=O)[C@H]1CCCN1. The number of carbonyl (C=O) groups excluding carboxylic acids is 2. The van der Waals surface area contributed by atoms with Crippen LogP contribution in [-0.2, 0) is 4.79 Å². The van der Waals surface area contributed by atoms with Crippen molar-refractivity contribution < 1.29 is 9.59 Å². The fourth-order valence-corrected chi connectivity index (χ4v) is 2.15. The summed E-state index contributed by atoms with van der Waals surface area (Å²) in [7, 11) is 3.39. The molecule has 1 heterocycles. The van der Waals surface area contributed by atoms with Crippen LogP contribution in [0.5, 0.6) is 0 Å². The van der Waals surface area contributed by atoms with Gasteiger partial charge in [0.25, 0.3) is 5.91 Å². The minimum absolute atomic E-state index is 0.0727. The van der Waals surface area contributed by atoms with E-state index in [0.717, 1.165) is 19.4 Å². The van der Waals surface area contributed by atoms with E-state index in [0.29, 0.717) is 11.3 Å². The van der Waals surface area contributed by atoms with Crippen LogP contribution in [0.4, 0.5) is 5.69 Å². The highest BCUT2D eigenvalue weighted by Gasteiger charge is 2.23. The van der Waals surface area contributed by atoms with E-state index in [1.807, 2.05) is 6.07 Å². The lowest BCUT2D eigenvalue weighted by Crippen LogP contribution is -2.36. The Kier molecular flexibility index (Phi) is 4.16. The van der Waals surface area contributed by atoms with Crippen LogP contribution in [0.15, 0.2) is 24.3 Å². The first-order chi connectivity index (χ1) is 9.09. The standard InChI is InChI=1S/C14H19N3O2/c1-17(2)14(19)10-6-3-4-7-11(10)16-13(18)12-8-5-9-15-12/h3-4,6-7,12,15H,5,8-9H2,1-2H3,(H,16,18)/t12-/m1/s1. The summed E-state index contributed by atoms with van der Waals surface area (Å²) in [5, 5.41) is 5.98. The highest BCUT2D eigenvalue weighted by molar-refractivity contribution is 6.04. The molecule has 1 atom stereocenters. The molecular weight excluding hydrogens is 242 g/mol. The summed E-state index contributed by atoms with van der Waals surface area (Å²) in [6.07, 6.45) is 1.85. The van der Waals surface area contributed by atoms with E-state index in [1.54, 1.807) is 32.3 Å². The smallest absolute Gasteiger partial charge is 0.255 e. The lowest BCUT2D eigenvalue weighted by Gasteiger charge is -2.16. The zero-order valence-electron chi connectivity index (χ0n) is 11.3. The van der Waals surface area contributed by atoms with Crippen molar-refractivity contribution in [2.45, 2.75) is 18.9 Å². The Balaban J connectivity index is 2.15. The Morgan fingerprint density at radius 2 is 2.05 bits per heavy atom. The Morgan fingerprint density at radius 3 is 2.68 bits per heavy atom. The highest BCUT2D eigenvalue weighted by atomic mass is 16.2. The molecule has 5 heteroatoms. The molecule has 0 saturated carbocycles. The van der Waals surface area contributed by atoms with Crippen molar-refractivity contribution in [2.24, 2.45) is 0 Å². The summed E-state index contributed by atoms with van der Waals surface area (Å²) in [4.78, 5) is 25.6. The molecule has 0 unspecified atom stereocenters. The van der Waals surface area contributed by atoms with E-state index in [-0.39, 0.29) is 17.9 Å². The molecule has 5 nitrogen and oxygen atoms in total. The monoisotopic (exact) mass is 261 g/mol. The van der Waals surface area contributed by atoms with Crippen molar-refractivity contribution in [3.63, 3.8) is 0 Å². The van der Waals surface area contributed by atoms with Gasteiger partial charge in [-0.05, 0) is 31.5 Å². The molecule has 2 rings (SSSR count). The number of hydrogen-bond acceptors (Lipinski definition) is 3. The highest BCUT2D eigenvalue weighted by Crippen LogP contribution is 2.17. The Morgan fingerprint density at radius 1 is 1.32 bits per heavy atom. The first kappa shape index (κ1) is 13.5. The van der Waals surface area contributed by atoms with Gasteiger partial charge in [0.05, 0.1) is 17.3 Å². The van der Waals surface area contributed by atoms with E-state index < -0.39 is 0 Å². The molecule has 1 saturated heterocycles. The molecule has 1 aliphatic rings. The summed E-state index contributed by atoms with van der Waals surface area (Å²) in [6, 6.07) is 6.93. The van der Waals surface area contributed by atoms with Gasteiger partial charge in [0.15, 0.2) is 0 Å². The molecule has 0 bridgehead atoms. The number of carbonyl (C=O) groups is 2. The molecule has 102 valence electrons. The molecule has 0 aromatic heterocycles. The Hall–Kier alpha value is -1.88. The average Bonchev–Trinajstić information content (AvgIpc) is 2.92. The molecule has 2 N–H and O–H groups in total. The molecule has 2 amide bonds. The minimum atomic E-state index is -0.150. The summed E-state index contributed by atoms with van der Waals surface area (Å²) in [5.74, 6) is -0.188. The summed E-state index contributed by atoms with van der Waals surface area (Å²) >= 11 is 0. The fourth-order valence-electron chi connectivity index (χ4n) is 2.15. The summed E-state index contributed by atoms with van der Waals surface area (Å²) in [5.41, 5.74) is 1.08. The molecule has 19 heavy (non-hydrogen) atoms. The van der Waals surface area contributed by atoms with E-state index in [1.165, 1.54) is 4.90 Å². The van der Waals surface area contributed by atoms with Crippen LogP contribution in [0.1, 0.15) is 23.2 Å². The lowest BCUT2D eigenvalue weighted by atomic mass is 10.1. The van der Waals surface area contributed by atoms with Crippen LogP contribution in [0.2, 0.25) is 0 Å². The normalized spacial score (nSPS) is 18.1. The van der Waals surface area contributed by atoms with Gasteiger partial charge in [0.1, 0.15) is 0 Å². The Labute approximate surface area is 113 Å². The Bertz CT molecular complexity index is 479. The van der Waals surface area contributed by atoms with E-state index in [9.17, 15) is 9.59 Å². The van der Waals surface area contributed by atoms with Gasteiger partial charge in [0.2, 0.25) is 5.91 Å². The van der Waals surface area contributed by atoms with Crippen molar-refractivity contribution in [3.05, 3.63) is 29.8 Å². The quantitative estimate of drug-likeness (QED) is 0.856. The molecule has 0 aliphatic carbocycles. The second kappa shape index (κ2) is 5.84. The molecule has 0 radical (unpaired) electrons. The van der Waals surface area contributed by atoms with Crippen molar-refractivity contribution >= 4 is 17.5 Å². The van der Waals surface area contributed by atoms with Crippen LogP contribution in [0, 0.1) is 0 Å². The van der Waals surface area contributed by atoms with Crippen molar-refractivity contribution in [2.75, 3.05) is 26.0 Å². The second-order valence-corrected chi connectivity index (χ2v) is 4.88. The number of hydrogen-bond donors (Lipinski definition) is 2. The van der Waals surface area contributed by atoms with Gasteiger partial charge in [-0.1, -0.05) is 12.1 Å². The number of nitrogens with zero attached hydrogens (tertiary/aromatic N) is 1. The summed E-state index contributed by atoms with van der Waals surface area (Å²) in [6.45, 7) is 0.871. The van der Waals surface area contributed by atoms with Gasteiger partial charge in [-0.15, -0.1) is 0 Å². The topological polar surface area (TPSA) is 61.4 Å². The number of para-hydroxylation sites is 1. The molecular formula is C14H19N3O2. The van der Waals surface area contributed by atoms with Crippen LogP contribution in [0.25, 0.3) is 0 Å². The predicted octanol–water partition coefficient (Wildman–Crippen LogP) is 1.08. The maximum atomic E-state index is 12.1. The summed E-state index contributed by atoms with van der Waals surface area (Å²) < 4.78 is 0. The zero-order chi connectivity index (χ0) is 13.8.